The molecule has 0 aromatic carbocycles. The van der Waals surface area contributed by atoms with Gasteiger partial charge in [0.15, 0.2) is 0 Å². The summed E-state index contributed by atoms with van der Waals surface area (Å²) in [5.41, 5.74) is 1.71. The van der Waals surface area contributed by atoms with Crippen molar-refractivity contribution in [3.8, 4) is 0 Å². The van der Waals surface area contributed by atoms with E-state index in [0.717, 1.165) is 5.25 Å². The van der Waals surface area contributed by atoms with Crippen LogP contribution < -0.4 is 5.32 Å². The first-order chi connectivity index (χ1) is 9.40. The molecule has 0 spiro atoms. The minimum Gasteiger partial charge on any atom is -0.310 e. The van der Waals surface area contributed by atoms with E-state index in [2.05, 4.69) is 30.1 Å². The summed E-state index contributed by atoms with van der Waals surface area (Å²) < 4.78 is 0. The van der Waals surface area contributed by atoms with Crippen LogP contribution in [0.5, 0.6) is 0 Å². The Labute approximate surface area is 124 Å². The van der Waals surface area contributed by atoms with Gasteiger partial charge in [-0.3, -0.25) is 0 Å². The number of allylic oxidation sites excluding steroid dienone is 1. The fourth-order valence-electron chi connectivity index (χ4n) is 3.26. The van der Waals surface area contributed by atoms with Gasteiger partial charge >= 0.3 is 0 Å². The van der Waals surface area contributed by atoms with E-state index in [0.29, 0.717) is 6.04 Å². The van der Waals surface area contributed by atoms with E-state index < -0.39 is 0 Å². The lowest BCUT2D eigenvalue weighted by Crippen LogP contribution is -2.35. The smallest absolute Gasteiger partial charge is 0.0370 e. The third kappa shape index (κ3) is 5.51. The molecule has 0 aromatic heterocycles. The third-order valence-corrected chi connectivity index (χ3v) is 5.93. The largest absolute Gasteiger partial charge is 0.310 e. The zero-order chi connectivity index (χ0) is 13.3. The molecule has 1 N–H and O–H groups in total. The van der Waals surface area contributed by atoms with Gasteiger partial charge in [0, 0.05) is 17.0 Å². The van der Waals surface area contributed by atoms with Crippen LogP contribution in [0, 0.1) is 0 Å². The molecule has 0 heterocycles. The highest BCUT2D eigenvalue weighted by molar-refractivity contribution is 7.99. The van der Waals surface area contributed by atoms with E-state index in [-0.39, 0.29) is 0 Å². The molecule has 0 aromatic rings. The average Bonchev–Trinajstić information content (AvgIpc) is 2.49. The molecule has 2 aliphatic rings. The molecule has 0 aliphatic heterocycles. The molecule has 110 valence electrons. The highest BCUT2D eigenvalue weighted by Gasteiger charge is 2.19. The predicted octanol–water partition coefficient (Wildman–Crippen LogP) is 4.92. The van der Waals surface area contributed by atoms with E-state index >= 15 is 0 Å². The summed E-state index contributed by atoms with van der Waals surface area (Å²) in [5.74, 6) is 1.30. The van der Waals surface area contributed by atoms with Gasteiger partial charge in [0.1, 0.15) is 0 Å². The van der Waals surface area contributed by atoms with Crippen LogP contribution in [-0.4, -0.2) is 23.6 Å². The summed E-state index contributed by atoms with van der Waals surface area (Å²) in [5, 5.41) is 4.74. The molecule has 0 radical (unpaired) electrons. The molecular weight excluding hydrogens is 250 g/mol. The molecule has 1 atom stereocenters. The number of hydrogen-bond donors (Lipinski definition) is 1. The van der Waals surface area contributed by atoms with Crippen molar-refractivity contribution >= 4 is 11.8 Å². The highest BCUT2D eigenvalue weighted by Crippen LogP contribution is 2.30. The fourth-order valence-corrected chi connectivity index (χ4v) is 4.72. The summed E-state index contributed by atoms with van der Waals surface area (Å²) in [6.45, 7) is 3.45. The van der Waals surface area contributed by atoms with Crippen molar-refractivity contribution in [2.45, 2.75) is 82.4 Å². The second kappa shape index (κ2) is 9.07. The first-order valence-electron chi connectivity index (χ1n) is 8.44. The van der Waals surface area contributed by atoms with Gasteiger partial charge in [-0.2, -0.15) is 11.8 Å². The molecule has 1 fully saturated rings. The van der Waals surface area contributed by atoms with E-state index in [1.165, 1.54) is 76.5 Å². The molecular formula is C17H31NS. The summed E-state index contributed by atoms with van der Waals surface area (Å²) in [4.78, 5) is 0. The van der Waals surface area contributed by atoms with Crippen LogP contribution >= 0.6 is 11.8 Å². The summed E-state index contributed by atoms with van der Waals surface area (Å²) in [6.07, 6.45) is 16.6. The lowest BCUT2D eigenvalue weighted by molar-refractivity contribution is 0.513. The van der Waals surface area contributed by atoms with Crippen molar-refractivity contribution < 1.29 is 0 Å². The Bertz CT molecular complexity index is 268. The van der Waals surface area contributed by atoms with Gasteiger partial charge in [-0.1, -0.05) is 37.8 Å². The number of rotatable bonds is 7. The molecule has 0 saturated heterocycles. The topological polar surface area (TPSA) is 12.0 Å². The number of thioether (sulfide) groups is 1. The molecule has 0 bridgehead atoms. The monoisotopic (exact) mass is 281 g/mol. The zero-order valence-electron chi connectivity index (χ0n) is 12.6. The van der Waals surface area contributed by atoms with Crippen molar-refractivity contribution in [2.24, 2.45) is 0 Å². The predicted molar refractivity (Wildman–Crippen MR) is 88.0 cm³/mol. The average molecular weight is 282 g/mol. The summed E-state index contributed by atoms with van der Waals surface area (Å²) in [7, 11) is 0. The maximum Gasteiger partial charge on any atom is 0.0370 e. The van der Waals surface area contributed by atoms with Crippen molar-refractivity contribution in [3.63, 3.8) is 0 Å². The third-order valence-electron chi connectivity index (χ3n) is 4.47. The molecule has 0 amide bonds. The van der Waals surface area contributed by atoms with Crippen molar-refractivity contribution in [1.29, 1.82) is 0 Å². The molecule has 1 nitrogen and oxygen atoms in total. The summed E-state index contributed by atoms with van der Waals surface area (Å²) >= 11 is 2.25. The van der Waals surface area contributed by atoms with E-state index in [1.54, 1.807) is 5.57 Å². The molecule has 2 aliphatic carbocycles. The minimum absolute atomic E-state index is 0.659. The standard InChI is InChI=1S/C17H31NS/c1-2-13-18-17(15-9-5-3-6-10-15)14-19-16-11-7-4-8-12-16/h9,16-18H,2-8,10-14H2,1H3. The van der Waals surface area contributed by atoms with Crippen molar-refractivity contribution in [1.82, 2.24) is 5.32 Å². The van der Waals surface area contributed by atoms with Gasteiger partial charge in [-0.05, 0) is 51.5 Å². The Balaban J connectivity index is 1.80. The second-order valence-electron chi connectivity index (χ2n) is 6.12. The van der Waals surface area contributed by atoms with E-state index in [9.17, 15) is 0 Å². The first-order valence-corrected chi connectivity index (χ1v) is 9.49. The van der Waals surface area contributed by atoms with Crippen LogP contribution in [0.15, 0.2) is 11.6 Å². The van der Waals surface area contributed by atoms with E-state index in [1.807, 2.05) is 0 Å². The molecule has 2 rings (SSSR count). The molecule has 1 unspecified atom stereocenters. The molecule has 19 heavy (non-hydrogen) atoms. The number of hydrogen-bond acceptors (Lipinski definition) is 2. The van der Waals surface area contributed by atoms with Gasteiger partial charge < -0.3 is 5.32 Å². The van der Waals surface area contributed by atoms with Crippen LogP contribution in [-0.2, 0) is 0 Å². The van der Waals surface area contributed by atoms with Gasteiger partial charge in [-0.25, -0.2) is 0 Å². The van der Waals surface area contributed by atoms with Crippen molar-refractivity contribution in [3.05, 3.63) is 11.6 Å². The zero-order valence-corrected chi connectivity index (χ0v) is 13.4. The van der Waals surface area contributed by atoms with Crippen LogP contribution in [0.1, 0.15) is 71.1 Å². The molecule has 2 heteroatoms. The fraction of sp³-hybridized carbons (Fsp3) is 0.882. The molecule has 1 saturated carbocycles. The normalized spacial score (nSPS) is 23.1. The quantitative estimate of drug-likeness (QED) is 0.665. The van der Waals surface area contributed by atoms with Gasteiger partial charge in [0.05, 0.1) is 0 Å². The lowest BCUT2D eigenvalue weighted by Gasteiger charge is -2.27. The Hall–Kier alpha value is 0.0500. The highest BCUT2D eigenvalue weighted by atomic mass is 32.2. The van der Waals surface area contributed by atoms with Crippen LogP contribution in [0.25, 0.3) is 0 Å². The maximum absolute atomic E-state index is 3.79. The van der Waals surface area contributed by atoms with Gasteiger partial charge in [0.2, 0.25) is 0 Å². The van der Waals surface area contributed by atoms with Crippen LogP contribution in [0.4, 0.5) is 0 Å². The Morgan fingerprint density at radius 2 is 2.05 bits per heavy atom. The second-order valence-corrected chi connectivity index (χ2v) is 7.46. The van der Waals surface area contributed by atoms with E-state index in [4.69, 9.17) is 0 Å². The Morgan fingerprint density at radius 3 is 2.74 bits per heavy atom. The van der Waals surface area contributed by atoms with Crippen molar-refractivity contribution in [2.75, 3.05) is 12.3 Å². The van der Waals surface area contributed by atoms with Crippen LogP contribution in [0.3, 0.4) is 0 Å². The SMILES string of the molecule is CCCNC(CSC1CCCCC1)C1=CCCCC1. The minimum atomic E-state index is 0.659. The van der Waals surface area contributed by atoms with Crippen LogP contribution in [0.2, 0.25) is 0 Å². The Morgan fingerprint density at radius 1 is 1.21 bits per heavy atom. The lowest BCUT2D eigenvalue weighted by atomic mass is 9.94. The van der Waals surface area contributed by atoms with Gasteiger partial charge in [-0.15, -0.1) is 0 Å². The Kier molecular flexibility index (Phi) is 7.37. The number of nitrogens with one attached hydrogen (secondary N) is 1. The maximum atomic E-state index is 3.79. The first kappa shape index (κ1) is 15.4. The van der Waals surface area contributed by atoms with Gasteiger partial charge in [0.25, 0.3) is 0 Å². The summed E-state index contributed by atoms with van der Waals surface area (Å²) in [6, 6.07) is 0.659.